The number of aromatic nitrogens is 3. The normalized spacial score (nSPS) is 15.9. The lowest BCUT2D eigenvalue weighted by molar-refractivity contribution is 0.414. The number of ether oxygens (including phenoxy) is 1. The van der Waals surface area contributed by atoms with Crippen molar-refractivity contribution in [2.24, 2.45) is 18.0 Å². The van der Waals surface area contributed by atoms with Crippen LogP contribution in [0.2, 0.25) is 0 Å². The number of guanidine groups is 1. The second kappa shape index (κ2) is 12.0. The van der Waals surface area contributed by atoms with Gasteiger partial charge in [0.1, 0.15) is 11.6 Å². The van der Waals surface area contributed by atoms with Gasteiger partial charge in [0.05, 0.1) is 20.2 Å². The summed E-state index contributed by atoms with van der Waals surface area (Å²) in [6.45, 7) is 5.18. The number of methoxy groups -OCH3 is 1. The average Bonchev–Trinajstić information content (AvgIpc) is 3.41. The van der Waals surface area contributed by atoms with Gasteiger partial charge in [-0.2, -0.15) is 0 Å². The third-order valence-electron chi connectivity index (χ3n) is 6.11. The predicted octanol–water partition coefficient (Wildman–Crippen LogP) is 3.96. The van der Waals surface area contributed by atoms with Crippen molar-refractivity contribution < 1.29 is 4.74 Å². The Hall–Kier alpha value is -2.62. The molecule has 1 aliphatic rings. The summed E-state index contributed by atoms with van der Waals surface area (Å²) < 4.78 is 7.28. The lowest BCUT2D eigenvalue weighted by atomic mass is 9.99. The van der Waals surface area contributed by atoms with Crippen molar-refractivity contribution in [3.63, 3.8) is 0 Å². The zero-order valence-electron chi connectivity index (χ0n) is 19.6. The van der Waals surface area contributed by atoms with Crippen LogP contribution in [0.3, 0.4) is 0 Å². The topological polar surface area (TPSA) is 67.6 Å². The lowest BCUT2D eigenvalue weighted by Gasteiger charge is -2.22. The number of benzene rings is 2. The Morgan fingerprint density at radius 3 is 2.52 bits per heavy atom. The van der Waals surface area contributed by atoms with Crippen LogP contribution in [0.5, 0.6) is 5.75 Å². The van der Waals surface area contributed by atoms with Crippen LogP contribution in [0.15, 0.2) is 59.6 Å². The quantitative estimate of drug-likeness (QED) is 0.269. The molecule has 0 spiro atoms. The number of aliphatic imine (C=N–C) groups is 1. The number of hydrogen-bond donors (Lipinski definition) is 1. The van der Waals surface area contributed by atoms with Crippen LogP contribution in [-0.2, 0) is 26.6 Å². The van der Waals surface area contributed by atoms with E-state index in [2.05, 4.69) is 62.9 Å². The summed E-state index contributed by atoms with van der Waals surface area (Å²) in [5.74, 6) is 4.22. The lowest BCUT2D eigenvalue weighted by Crippen LogP contribution is -2.40. The minimum absolute atomic E-state index is 0. The highest BCUT2D eigenvalue weighted by Gasteiger charge is 2.25. The maximum atomic E-state index is 5.27. The molecule has 1 saturated heterocycles. The van der Waals surface area contributed by atoms with Crippen LogP contribution in [0.4, 0.5) is 0 Å². The molecule has 0 saturated carbocycles. The molecule has 0 radical (unpaired) electrons. The van der Waals surface area contributed by atoms with Gasteiger partial charge >= 0.3 is 0 Å². The van der Waals surface area contributed by atoms with Crippen LogP contribution >= 0.6 is 24.0 Å². The van der Waals surface area contributed by atoms with Gasteiger partial charge in [-0.3, -0.25) is 0 Å². The number of hydrogen-bond acceptors (Lipinski definition) is 4. The molecule has 0 bridgehead atoms. The fourth-order valence-corrected chi connectivity index (χ4v) is 4.07. The Balaban J connectivity index is 0.00000306. The number of likely N-dealkylation sites (tertiary alicyclic amines) is 1. The maximum Gasteiger partial charge on any atom is 0.194 e. The minimum atomic E-state index is 0. The molecule has 0 amide bonds. The third-order valence-corrected chi connectivity index (χ3v) is 6.11. The molecule has 2 heterocycles. The molecule has 4 rings (SSSR count). The van der Waals surface area contributed by atoms with E-state index >= 15 is 0 Å². The van der Waals surface area contributed by atoms with E-state index in [1.807, 2.05) is 30.7 Å². The van der Waals surface area contributed by atoms with E-state index in [1.54, 1.807) is 7.11 Å². The van der Waals surface area contributed by atoms with E-state index < -0.39 is 0 Å². The Kier molecular flexibility index (Phi) is 9.11. The number of nitrogens with zero attached hydrogens (tertiary/aromatic N) is 5. The van der Waals surface area contributed by atoms with E-state index in [0.29, 0.717) is 19.0 Å². The highest BCUT2D eigenvalue weighted by Crippen LogP contribution is 2.21. The van der Waals surface area contributed by atoms with E-state index in [4.69, 9.17) is 9.73 Å². The molecule has 1 N–H and O–H groups in total. The van der Waals surface area contributed by atoms with Crippen molar-refractivity contribution in [1.29, 1.82) is 0 Å². The first-order chi connectivity index (χ1) is 15.6. The first kappa shape index (κ1) is 25.0. The van der Waals surface area contributed by atoms with Gasteiger partial charge in [-0.1, -0.05) is 42.5 Å². The molecule has 176 valence electrons. The highest BCUT2D eigenvalue weighted by molar-refractivity contribution is 14.0. The van der Waals surface area contributed by atoms with Crippen molar-refractivity contribution in [3.05, 3.63) is 77.4 Å². The van der Waals surface area contributed by atoms with Crippen LogP contribution in [0.1, 0.15) is 29.2 Å². The van der Waals surface area contributed by atoms with E-state index in [0.717, 1.165) is 48.4 Å². The molecule has 1 unspecified atom stereocenters. The summed E-state index contributed by atoms with van der Waals surface area (Å²) >= 11 is 0. The Labute approximate surface area is 213 Å². The molecule has 2 aromatic carbocycles. The van der Waals surface area contributed by atoms with Crippen molar-refractivity contribution in [2.75, 3.05) is 20.2 Å². The fraction of sp³-hybridized carbons (Fsp3) is 0.400. The largest absolute Gasteiger partial charge is 0.497 e. The van der Waals surface area contributed by atoms with Gasteiger partial charge in [-0.05, 0) is 48.9 Å². The monoisotopic (exact) mass is 560 g/mol. The molecule has 33 heavy (non-hydrogen) atoms. The van der Waals surface area contributed by atoms with Gasteiger partial charge in [0.15, 0.2) is 11.8 Å². The van der Waals surface area contributed by atoms with Gasteiger partial charge in [0.25, 0.3) is 0 Å². The second-order valence-electron chi connectivity index (χ2n) is 8.35. The molecular formula is C25H33IN6O. The highest BCUT2D eigenvalue weighted by atomic mass is 127. The number of halogens is 1. The molecular weight excluding hydrogens is 527 g/mol. The third kappa shape index (κ3) is 6.69. The standard InChI is InChI=1S/C25H32N6O.HI/c1-19-28-29-24(30(19)2)17-27-25(26-16-21-9-11-23(32-3)12-10-21)31-14-13-22(18-31)15-20-7-5-4-6-8-20;/h4-12,22H,13-18H2,1-3H3,(H,26,27);1H. The van der Waals surface area contributed by atoms with Gasteiger partial charge in [0.2, 0.25) is 0 Å². The van der Waals surface area contributed by atoms with Crippen molar-refractivity contribution in [3.8, 4) is 5.75 Å². The van der Waals surface area contributed by atoms with Crippen LogP contribution in [-0.4, -0.2) is 45.8 Å². The first-order valence-corrected chi connectivity index (χ1v) is 11.2. The molecule has 1 atom stereocenters. The van der Waals surface area contributed by atoms with Gasteiger partial charge in [0, 0.05) is 20.1 Å². The fourth-order valence-electron chi connectivity index (χ4n) is 4.07. The number of rotatable bonds is 7. The zero-order valence-corrected chi connectivity index (χ0v) is 21.9. The van der Waals surface area contributed by atoms with Gasteiger partial charge in [-0.15, -0.1) is 34.2 Å². The average molecular weight is 560 g/mol. The summed E-state index contributed by atoms with van der Waals surface area (Å²) in [5, 5.41) is 12.0. The summed E-state index contributed by atoms with van der Waals surface area (Å²) in [6.07, 6.45) is 2.27. The molecule has 7 nitrogen and oxygen atoms in total. The smallest absolute Gasteiger partial charge is 0.194 e. The number of aryl methyl sites for hydroxylation is 1. The predicted molar refractivity (Wildman–Crippen MR) is 142 cm³/mol. The molecule has 1 aliphatic heterocycles. The van der Waals surface area contributed by atoms with Gasteiger partial charge < -0.3 is 19.5 Å². The number of nitrogens with one attached hydrogen (secondary N) is 1. The van der Waals surface area contributed by atoms with Crippen molar-refractivity contribution in [1.82, 2.24) is 25.0 Å². The van der Waals surface area contributed by atoms with E-state index in [-0.39, 0.29) is 24.0 Å². The molecule has 3 aromatic rings. The summed E-state index contributed by atoms with van der Waals surface area (Å²) in [6, 6.07) is 18.8. The molecule has 1 fully saturated rings. The Morgan fingerprint density at radius 2 is 1.85 bits per heavy atom. The molecule has 0 aliphatic carbocycles. The van der Waals surface area contributed by atoms with Crippen molar-refractivity contribution in [2.45, 2.75) is 32.9 Å². The Morgan fingerprint density at radius 1 is 1.09 bits per heavy atom. The maximum absolute atomic E-state index is 5.27. The summed E-state index contributed by atoms with van der Waals surface area (Å²) in [5.41, 5.74) is 2.55. The van der Waals surface area contributed by atoms with E-state index in [1.165, 1.54) is 12.0 Å². The van der Waals surface area contributed by atoms with Crippen LogP contribution < -0.4 is 10.1 Å². The van der Waals surface area contributed by atoms with Crippen LogP contribution in [0.25, 0.3) is 0 Å². The zero-order chi connectivity index (χ0) is 22.3. The van der Waals surface area contributed by atoms with Gasteiger partial charge in [-0.25, -0.2) is 4.99 Å². The Bertz CT molecular complexity index is 1030. The molecule has 8 heteroatoms. The molecule has 1 aromatic heterocycles. The second-order valence-corrected chi connectivity index (χ2v) is 8.35. The summed E-state index contributed by atoms with van der Waals surface area (Å²) in [7, 11) is 3.68. The van der Waals surface area contributed by atoms with E-state index in [9.17, 15) is 0 Å². The SMILES string of the molecule is COc1ccc(CN=C(NCc2nnc(C)n2C)N2CCC(Cc3ccccc3)C2)cc1.I. The first-order valence-electron chi connectivity index (χ1n) is 11.2. The van der Waals surface area contributed by atoms with Crippen LogP contribution in [0, 0.1) is 12.8 Å². The van der Waals surface area contributed by atoms with Crippen molar-refractivity contribution >= 4 is 29.9 Å². The summed E-state index contributed by atoms with van der Waals surface area (Å²) in [4.78, 5) is 7.33. The minimum Gasteiger partial charge on any atom is -0.497 e.